The molecule has 2 unspecified atom stereocenters. The van der Waals surface area contributed by atoms with E-state index in [2.05, 4.69) is 4.74 Å². The quantitative estimate of drug-likeness (QED) is 0.179. The largest absolute Gasteiger partial charge is 0.468 e. The summed E-state index contributed by atoms with van der Waals surface area (Å²) in [4.78, 5) is 64.9. The van der Waals surface area contributed by atoms with Gasteiger partial charge in [-0.1, -0.05) is 60.7 Å². The minimum Gasteiger partial charge on any atom is -0.468 e. The van der Waals surface area contributed by atoms with Crippen molar-refractivity contribution >= 4 is 44.3 Å². The molecule has 46 heavy (non-hydrogen) atoms. The number of β-amino-alcohol motifs (C(OH)–C–C–N with tert-alkyl or cyclic N) is 1. The van der Waals surface area contributed by atoms with Crippen LogP contribution in [0.5, 0.6) is 0 Å². The van der Waals surface area contributed by atoms with E-state index in [0.717, 1.165) is 21.4 Å². The Bertz CT molecular complexity index is 2060. The molecule has 2 heterocycles. The van der Waals surface area contributed by atoms with Crippen molar-refractivity contribution in [3.8, 4) is 0 Å². The minimum absolute atomic E-state index is 0.103. The molecule has 3 aromatic carbocycles. The van der Waals surface area contributed by atoms with Crippen LogP contribution in [0.3, 0.4) is 0 Å². The van der Waals surface area contributed by atoms with E-state index in [0.29, 0.717) is 15.5 Å². The Labute approximate surface area is 262 Å². The van der Waals surface area contributed by atoms with Crippen molar-refractivity contribution in [1.82, 2.24) is 13.4 Å². The number of hydrogen-bond acceptors (Lipinski definition) is 11. The molecule has 0 bridgehead atoms. The Hall–Kier alpha value is -5.12. The average Bonchev–Trinajstić information content (AvgIpc) is 3.46. The molecule has 1 aliphatic rings. The molecule has 2 atom stereocenters. The van der Waals surface area contributed by atoms with E-state index in [1.165, 1.54) is 12.1 Å². The second-order valence-corrected chi connectivity index (χ2v) is 12.5. The number of aliphatic hydroxyl groups excluding tert-OH is 1. The zero-order valence-electron chi connectivity index (χ0n) is 24.6. The van der Waals surface area contributed by atoms with Crippen LogP contribution >= 0.6 is 0 Å². The van der Waals surface area contributed by atoms with E-state index in [1.807, 2.05) is 6.07 Å². The second kappa shape index (κ2) is 13.1. The predicted molar refractivity (Wildman–Crippen MR) is 164 cm³/mol. The number of fused-ring (bicyclic) bond motifs is 1. The lowest BCUT2D eigenvalue weighted by Crippen LogP contribution is -2.46. The fraction of sp³-hybridized carbons (Fsp3) is 0.258. The highest BCUT2D eigenvalue weighted by Crippen LogP contribution is 2.29. The van der Waals surface area contributed by atoms with Gasteiger partial charge in [0.1, 0.15) is 24.0 Å². The van der Waals surface area contributed by atoms with Gasteiger partial charge in [-0.3, -0.25) is 23.7 Å². The van der Waals surface area contributed by atoms with Crippen molar-refractivity contribution in [3.63, 3.8) is 0 Å². The number of nitrogens with two attached hydrogens (primary N) is 1. The highest BCUT2D eigenvalue weighted by atomic mass is 32.2. The Balaban J connectivity index is 1.41. The van der Waals surface area contributed by atoms with Crippen molar-refractivity contribution in [1.29, 1.82) is 0 Å². The summed E-state index contributed by atoms with van der Waals surface area (Å²) in [5, 5.41) is 11.8. The number of Topliss-reactive ketones (excluding diaryl/α,β-unsaturated/α-hetero) is 1. The first-order valence-electron chi connectivity index (χ1n) is 14.0. The Kier molecular flexibility index (Phi) is 9.18. The zero-order valence-corrected chi connectivity index (χ0v) is 25.4. The third kappa shape index (κ3) is 6.33. The number of ether oxygens (including phenoxy) is 2. The number of nitrogens with zero attached hydrogens (tertiary/aromatic N) is 3. The maximum absolute atomic E-state index is 13.6. The lowest BCUT2D eigenvalue weighted by Gasteiger charge is -2.22. The van der Waals surface area contributed by atoms with E-state index >= 15 is 0 Å². The number of nitrogen functional groups attached to an aromatic ring is 1. The second-order valence-electron chi connectivity index (χ2n) is 10.6. The highest BCUT2D eigenvalue weighted by molar-refractivity contribution is 7.89. The molecular formula is C31H30N4O10S. The number of ketones is 1. The molecule has 14 nitrogen and oxygen atoms in total. The fourth-order valence-electron chi connectivity index (χ4n) is 5.26. The van der Waals surface area contributed by atoms with Crippen LogP contribution in [0.2, 0.25) is 0 Å². The smallest absolute Gasteiger partial charge is 0.333 e. The van der Waals surface area contributed by atoms with E-state index in [9.17, 15) is 37.5 Å². The minimum atomic E-state index is -4.29. The monoisotopic (exact) mass is 650 g/mol. The van der Waals surface area contributed by atoms with Gasteiger partial charge >= 0.3 is 17.6 Å². The number of carbonyl (C=O) groups is 3. The molecule has 3 N–H and O–H groups in total. The van der Waals surface area contributed by atoms with Crippen molar-refractivity contribution in [3.05, 3.63) is 105 Å². The molecule has 1 saturated heterocycles. The van der Waals surface area contributed by atoms with Crippen LogP contribution in [0.25, 0.3) is 10.8 Å². The van der Waals surface area contributed by atoms with Gasteiger partial charge in [-0.25, -0.2) is 17.8 Å². The summed E-state index contributed by atoms with van der Waals surface area (Å²) in [5.41, 5.74) is 3.86. The number of methoxy groups -OCH3 is 1. The van der Waals surface area contributed by atoms with Gasteiger partial charge in [0.05, 0.1) is 24.7 Å². The Morgan fingerprint density at radius 2 is 1.63 bits per heavy atom. The molecule has 1 aromatic heterocycles. The van der Waals surface area contributed by atoms with Crippen molar-refractivity contribution in [2.75, 3.05) is 26.0 Å². The Morgan fingerprint density at radius 1 is 0.957 bits per heavy atom. The molecule has 5 rings (SSSR count). The van der Waals surface area contributed by atoms with Gasteiger partial charge in [-0.15, -0.1) is 0 Å². The summed E-state index contributed by atoms with van der Waals surface area (Å²) in [5.74, 6) is -3.69. The molecule has 0 spiro atoms. The van der Waals surface area contributed by atoms with Crippen LogP contribution in [-0.2, 0) is 42.2 Å². The third-order valence-electron chi connectivity index (χ3n) is 7.62. The van der Waals surface area contributed by atoms with Gasteiger partial charge in [-0.05, 0) is 28.5 Å². The molecule has 0 radical (unpaired) electrons. The van der Waals surface area contributed by atoms with Crippen LogP contribution < -0.4 is 17.0 Å². The van der Waals surface area contributed by atoms with Gasteiger partial charge in [0.15, 0.2) is 6.61 Å². The molecule has 1 aliphatic heterocycles. The lowest BCUT2D eigenvalue weighted by atomic mass is 10.1. The van der Waals surface area contributed by atoms with E-state index in [-0.39, 0.29) is 17.9 Å². The maximum Gasteiger partial charge on any atom is 0.333 e. The van der Waals surface area contributed by atoms with Crippen LogP contribution in [0.15, 0.2) is 87.3 Å². The maximum atomic E-state index is 13.6. The zero-order chi connectivity index (χ0) is 33.2. The normalized spacial score (nSPS) is 16.7. The molecule has 240 valence electrons. The van der Waals surface area contributed by atoms with E-state index in [1.54, 1.807) is 54.6 Å². The molecule has 1 fully saturated rings. The molecule has 15 heteroatoms. The Morgan fingerprint density at radius 3 is 2.33 bits per heavy atom. The van der Waals surface area contributed by atoms with E-state index in [4.69, 9.17) is 10.5 Å². The number of anilines is 1. The molecule has 4 aromatic rings. The van der Waals surface area contributed by atoms with Gasteiger partial charge < -0.3 is 20.3 Å². The van der Waals surface area contributed by atoms with Crippen LogP contribution in [0.4, 0.5) is 5.82 Å². The first-order valence-corrected chi connectivity index (χ1v) is 15.5. The number of sulfonamides is 1. The first-order chi connectivity index (χ1) is 21.9. The van der Waals surface area contributed by atoms with Crippen LogP contribution in [0, 0.1) is 0 Å². The SMILES string of the molecule is COC(=O)Cn1c(=O)c(C(=O)COC(=O)C2CC(O)CN2S(=O)(=O)c2ccc3ccccc3c2)c(N)n(Cc2ccccc2)c1=O. The summed E-state index contributed by atoms with van der Waals surface area (Å²) in [6.07, 6.45) is -1.48. The highest BCUT2D eigenvalue weighted by Gasteiger charge is 2.44. The van der Waals surface area contributed by atoms with Gasteiger partial charge in [0.25, 0.3) is 5.56 Å². The lowest BCUT2D eigenvalue weighted by molar-refractivity contribution is -0.146. The van der Waals surface area contributed by atoms with Crippen LogP contribution in [0.1, 0.15) is 22.3 Å². The molecule has 0 amide bonds. The summed E-state index contributed by atoms with van der Waals surface area (Å²) in [7, 11) is -3.23. The summed E-state index contributed by atoms with van der Waals surface area (Å²) >= 11 is 0. The van der Waals surface area contributed by atoms with Crippen molar-refractivity contribution in [2.24, 2.45) is 0 Å². The molecular weight excluding hydrogens is 620 g/mol. The number of benzene rings is 3. The first kappa shape index (κ1) is 32.3. The fourth-order valence-corrected chi connectivity index (χ4v) is 6.92. The number of aliphatic hydroxyl groups is 1. The topological polar surface area (TPSA) is 197 Å². The molecule has 0 saturated carbocycles. The number of hydrogen-bond donors (Lipinski definition) is 2. The summed E-state index contributed by atoms with van der Waals surface area (Å²) in [6, 6.07) is 18.6. The van der Waals surface area contributed by atoms with Crippen molar-refractivity contribution in [2.45, 2.75) is 36.6 Å². The number of esters is 2. The van der Waals surface area contributed by atoms with Gasteiger partial charge in [-0.2, -0.15) is 4.31 Å². The van der Waals surface area contributed by atoms with Gasteiger partial charge in [0.2, 0.25) is 15.8 Å². The van der Waals surface area contributed by atoms with E-state index < -0.39 is 82.2 Å². The standard InChI is InChI=1S/C31H30N4O10S/c1-44-26(38)17-34-29(39)27(28(32)33(31(34)41)15-19-7-3-2-4-8-19)25(37)18-45-30(40)24-14-22(36)16-35(24)46(42,43)23-12-11-20-9-5-6-10-21(20)13-23/h2-13,22,24,36H,14-18,32H2,1H3. The van der Waals surface area contributed by atoms with Gasteiger partial charge in [0, 0.05) is 13.0 Å². The summed E-state index contributed by atoms with van der Waals surface area (Å²) < 4.78 is 39.1. The molecule has 0 aliphatic carbocycles. The average molecular weight is 651 g/mol. The summed E-state index contributed by atoms with van der Waals surface area (Å²) in [6.45, 7) is -2.41. The van der Waals surface area contributed by atoms with Crippen LogP contribution in [-0.4, -0.2) is 77.1 Å². The number of aromatic nitrogens is 2. The number of rotatable bonds is 10. The predicted octanol–water partition coefficient (Wildman–Crippen LogP) is 0.517. The van der Waals surface area contributed by atoms with Crippen molar-refractivity contribution < 1.29 is 37.4 Å². The third-order valence-corrected chi connectivity index (χ3v) is 9.49. The number of carbonyl (C=O) groups excluding carboxylic acids is 3.